The van der Waals surface area contributed by atoms with E-state index in [2.05, 4.69) is 27.8 Å². The Balaban J connectivity index is 1.94. The highest BCUT2D eigenvalue weighted by atomic mass is 32.1. The summed E-state index contributed by atoms with van der Waals surface area (Å²) in [7, 11) is 0. The van der Waals surface area contributed by atoms with Gasteiger partial charge in [0.25, 0.3) is 0 Å². The minimum absolute atomic E-state index is 0.113. The summed E-state index contributed by atoms with van der Waals surface area (Å²) in [4.78, 5) is 17.9. The van der Waals surface area contributed by atoms with E-state index in [4.69, 9.17) is 0 Å². The van der Waals surface area contributed by atoms with Crippen LogP contribution in [0.1, 0.15) is 12.2 Å². The Morgan fingerprint density at radius 1 is 1.47 bits per heavy atom. The number of nitrogens with zero attached hydrogens (tertiary/aromatic N) is 3. The number of carbonyl (C=O) groups is 1. The molecule has 0 saturated carbocycles. The van der Waals surface area contributed by atoms with E-state index in [1.54, 1.807) is 4.90 Å². The maximum absolute atomic E-state index is 11.9. The minimum Gasteiger partial charge on any atom is -0.311 e. The SMILES string of the molecule is Cc1nc(-c2cccc(N3CC(S)CC3=O)c2)n[nH]1. The summed E-state index contributed by atoms with van der Waals surface area (Å²) < 4.78 is 0. The maximum Gasteiger partial charge on any atom is 0.228 e. The highest BCUT2D eigenvalue weighted by molar-refractivity contribution is 7.81. The molecule has 2 aromatic rings. The molecule has 0 bridgehead atoms. The number of thiol groups is 1. The molecule has 1 N–H and O–H groups in total. The summed E-state index contributed by atoms with van der Waals surface area (Å²) in [5.41, 5.74) is 1.78. The molecule has 19 heavy (non-hydrogen) atoms. The number of H-pyrrole nitrogens is 1. The average molecular weight is 274 g/mol. The molecule has 1 aromatic carbocycles. The van der Waals surface area contributed by atoms with Gasteiger partial charge in [0.2, 0.25) is 5.91 Å². The largest absolute Gasteiger partial charge is 0.311 e. The first-order chi connectivity index (χ1) is 9.13. The highest BCUT2D eigenvalue weighted by Gasteiger charge is 2.28. The van der Waals surface area contributed by atoms with Crippen LogP contribution in [0.2, 0.25) is 0 Å². The Morgan fingerprint density at radius 3 is 2.95 bits per heavy atom. The summed E-state index contributed by atoms with van der Waals surface area (Å²) in [6, 6.07) is 7.71. The van der Waals surface area contributed by atoms with Crippen LogP contribution >= 0.6 is 12.6 Å². The van der Waals surface area contributed by atoms with E-state index in [0.29, 0.717) is 18.8 Å². The second kappa shape index (κ2) is 4.70. The molecule has 6 heteroatoms. The number of aromatic amines is 1. The number of anilines is 1. The molecule has 0 aliphatic carbocycles. The summed E-state index contributed by atoms with van der Waals surface area (Å²) in [5, 5.41) is 7.06. The van der Waals surface area contributed by atoms with Crippen molar-refractivity contribution in [3.05, 3.63) is 30.1 Å². The van der Waals surface area contributed by atoms with Crippen LogP contribution in [-0.4, -0.2) is 32.9 Å². The molecular weight excluding hydrogens is 260 g/mol. The van der Waals surface area contributed by atoms with Gasteiger partial charge in [0, 0.05) is 29.5 Å². The molecule has 5 nitrogen and oxygen atoms in total. The molecule has 1 fully saturated rings. The van der Waals surface area contributed by atoms with Crippen molar-refractivity contribution in [1.29, 1.82) is 0 Å². The van der Waals surface area contributed by atoms with Gasteiger partial charge in [-0.2, -0.15) is 17.7 Å². The molecule has 3 rings (SSSR count). The molecule has 2 heterocycles. The lowest BCUT2D eigenvalue weighted by Crippen LogP contribution is -2.24. The molecule has 1 amide bonds. The van der Waals surface area contributed by atoms with Crippen LogP contribution in [0.25, 0.3) is 11.4 Å². The number of nitrogens with one attached hydrogen (secondary N) is 1. The Morgan fingerprint density at radius 2 is 2.32 bits per heavy atom. The van der Waals surface area contributed by atoms with Crippen molar-refractivity contribution in [2.45, 2.75) is 18.6 Å². The van der Waals surface area contributed by atoms with Crippen molar-refractivity contribution < 1.29 is 4.79 Å². The maximum atomic E-state index is 11.9. The zero-order chi connectivity index (χ0) is 13.4. The van der Waals surface area contributed by atoms with E-state index in [0.717, 1.165) is 17.1 Å². The fraction of sp³-hybridized carbons (Fsp3) is 0.308. The Hall–Kier alpha value is -1.82. The number of hydrogen-bond donors (Lipinski definition) is 2. The number of amides is 1. The minimum atomic E-state index is 0.113. The topological polar surface area (TPSA) is 61.9 Å². The summed E-state index contributed by atoms with van der Waals surface area (Å²) in [6.45, 7) is 2.51. The zero-order valence-corrected chi connectivity index (χ0v) is 11.4. The predicted molar refractivity (Wildman–Crippen MR) is 76.3 cm³/mol. The smallest absolute Gasteiger partial charge is 0.228 e. The summed E-state index contributed by atoms with van der Waals surface area (Å²) >= 11 is 4.37. The van der Waals surface area contributed by atoms with Crippen molar-refractivity contribution in [2.75, 3.05) is 11.4 Å². The zero-order valence-electron chi connectivity index (χ0n) is 10.5. The first-order valence-electron chi connectivity index (χ1n) is 6.11. The molecule has 1 unspecified atom stereocenters. The molecule has 1 aliphatic heterocycles. The number of carbonyl (C=O) groups excluding carboxylic acids is 1. The van der Waals surface area contributed by atoms with Gasteiger partial charge in [-0.25, -0.2) is 4.98 Å². The van der Waals surface area contributed by atoms with Crippen molar-refractivity contribution >= 4 is 24.2 Å². The van der Waals surface area contributed by atoms with Gasteiger partial charge in [0.1, 0.15) is 5.82 Å². The third-order valence-electron chi connectivity index (χ3n) is 3.12. The van der Waals surface area contributed by atoms with Gasteiger partial charge in [-0.3, -0.25) is 9.89 Å². The quantitative estimate of drug-likeness (QED) is 0.821. The van der Waals surface area contributed by atoms with Gasteiger partial charge in [-0.1, -0.05) is 12.1 Å². The van der Waals surface area contributed by atoms with Crippen LogP contribution < -0.4 is 4.90 Å². The van der Waals surface area contributed by atoms with Crippen molar-refractivity contribution in [3.8, 4) is 11.4 Å². The normalized spacial score (nSPS) is 19.2. The Labute approximate surface area is 116 Å². The van der Waals surface area contributed by atoms with Crippen LogP contribution in [0, 0.1) is 6.92 Å². The number of benzene rings is 1. The Kier molecular flexibility index (Phi) is 3.02. The van der Waals surface area contributed by atoms with Crippen molar-refractivity contribution in [3.63, 3.8) is 0 Å². The van der Waals surface area contributed by atoms with Crippen molar-refractivity contribution in [2.24, 2.45) is 0 Å². The molecule has 98 valence electrons. The van der Waals surface area contributed by atoms with E-state index in [1.807, 2.05) is 31.2 Å². The highest BCUT2D eigenvalue weighted by Crippen LogP contribution is 2.27. The first kappa shape index (κ1) is 12.2. The Bertz CT molecular complexity index is 625. The first-order valence-corrected chi connectivity index (χ1v) is 6.63. The van der Waals surface area contributed by atoms with Gasteiger partial charge in [-0.15, -0.1) is 0 Å². The molecule has 1 aromatic heterocycles. The van der Waals surface area contributed by atoms with Crippen molar-refractivity contribution in [1.82, 2.24) is 15.2 Å². The van der Waals surface area contributed by atoms with E-state index >= 15 is 0 Å². The van der Waals surface area contributed by atoms with Crippen LogP contribution in [0.4, 0.5) is 5.69 Å². The number of rotatable bonds is 2. The van der Waals surface area contributed by atoms with Crippen LogP contribution in [0.5, 0.6) is 0 Å². The van der Waals surface area contributed by atoms with E-state index in [-0.39, 0.29) is 11.2 Å². The number of aromatic nitrogens is 3. The van der Waals surface area contributed by atoms with Crippen LogP contribution in [0.15, 0.2) is 24.3 Å². The molecular formula is C13H14N4OS. The third kappa shape index (κ3) is 2.35. The average Bonchev–Trinajstić information content (AvgIpc) is 2.96. The molecule has 1 atom stereocenters. The third-order valence-corrected chi connectivity index (χ3v) is 3.46. The fourth-order valence-electron chi connectivity index (χ4n) is 2.22. The second-order valence-electron chi connectivity index (χ2n) is 4.66. The van der Waals surface area contributed by atoms with Crippen LogP contribution in [0.3, 0.4) is 0 Å². The molecule has 1 saturated heterocycles. The van der Waals surface area contributed by atoms with Crippen LogP contribution in [-0.2, 0) is 4.79 Å². The van der Waals surface area contributed by atoms with Gasteiger partial charge in [0.05, 0.1) is 0 Å². The lowest BCUT2D eigenvalue weighted by atomic mass is 10.2. The van der Waals surface area contributed by atoms with Gasteiger partial charge >= 0.3 is 0 Å². The second-order valence-corrected chi connectivity index (χ2v) is 5.39. The van der Waals surface area contributed by atoms with Gasteiger partial charge in [0.15, 0.2) is 5.82 Å². The lowest BCUT2D eigenvalue weighted by Gasteiger charge is -2.16. The number of aryl methyl sites for hydroxylation is 1. The lowest BCUT2D eigenvalue weighted by molar-refractivity contribution is -0.117. The summed E-state index contributed by atoms with van der Waals surface area (Å²) in [6.07, 6.45) is 0.493. The fourth-order valence-corrected chi connectivity index (χ4v) is 2.54. The molecule has 1 aliphatic rings. The van der Waals surface area contributed by atoms with E-state index in [1.165, 1.54) is 0 Å². The standard InChI is InChI=1S/C13H14N4OS/c1-8-14-13(16-15-8)9-3-2-4-10(5-9)17-7-11(19)6-12(17)18/h2-5,11,19H,6-7H2,1H3,(H,14,15,16). The monoisotopic (exact) mass is 274 g/mol. The predicted octanol–water partition coefficient (Wildman–Crippen LogP) is 1.82. The van der Waals surface area contributed by atoms with E-state index < -0.39 is 0 Å². The molecule has 0 spiro atoms. The van der Waals surface area contributed by atoms with Gasteiger partial charge < -0.3 is 4.90 Å². The summed E-state index contributed by atoms with van der Waals surface area (Å²) in [5.74, 6) is 1.53. The van der Waals surface area contributed by atoms with Gasteiger partial charge in [-0.05, 0) is 19.1 Å². The molecule has 0 radical (unpaired) electrons. The van der Waals surface area contributed by atoms with E-state index in [9.17, 15) is 4.79 Å². The number of hydrogen-bond acceptors (Lipinski definition) is 4.